The van der Waals surface area contributed by atoms with Gasteiger partial charge in [0, 0.05) is 25.1 Å². The number of aryl methyl sites for hydroxylation is 1. The van der Waals surface area contributed by atoms with Crippen LogP contribution in [0.5, 0.6) is 0 Å². The number of anilines is 1. The van der Waals surface area contributed by atoms with Gasteiger partial charge in [-0.1, -0.05) is 6.07 Å². The highest BCUT2D eigenvalue weighted by Crippen LogP contribution is 2.29. The molecule has 8 heteroatoms. The number of benzene rings is 1. The van der Waals surface area contributed by atoms with Crippen LogP contribution in [0.15, 0.2) is 28.7 Å². The molecule has 1 atom stereocenters. The standard InChI is InChI=1S/C16H16N4O2S2/c1-10-3-4-12(16-15(10)11(7-17)8-19-16)20-24(21)14-9-18-13(23-14)5-6-22-2/h3-4,8-9,19-20H,5-6H2,1-2H3. The Labute approximate surface area is 146 Å². The minimum atomic E-state index is -1.41. The van der Waals surface area contributed by atoms with Crippen molar-refractivity contribution in [2.24, 2.45) is 0 Å². The molecule has 2 heterocycles. The smallest absolute Gasteiger partial charge is 0.162 e. The first-order valence-electron chi connectivity index (χ1n) is 7.27. The summed E-state index contributed by atoms with van der Waals surface area (Å²) in [6.45, 7) is 2.54. The zero-order chi connectivity index (χ0) is 17.1. The number of methoxy groups -OCH3 is 1. The Morgan fingerprint density at radius 3 is 3.08 bits per heavy atom. The lowest BCUT2D eigenvalue weighted by Crippen LogP contribution is -2.03. The Hall–Kier alpha value is -2.21. The molecule has 0 saturated heterocycles. The van der Waals surface area contributed by atoms with Crippen LogP contribution in [0.4, 0.5) is 5.69 Å². The van der Waals surface area contributed by atoms with E-state index in [0.29, 0.717) is 28.5 Å². The summed E-state index contributed by atoms with van der Waals surface area (Å²) in [7, 11) is 0.229. The molecule has 0 radical (unpaired) electrons. The zero-order valence-electron chi connectivity index (χ0n) is 13.3. The van der Waals surface area contributed by atoms with Gasteiger partial charge in [0.15, 0.2) is 11.0 Å². The van der Waals surface area contributed by atoms with Gasteiger partial charge in [-0.25, -0.2) is 9.19 Å². The third-order valence-electron chi connectivity index (χ3n) is 3.60. The monoisotopic (exact) mass is 360 g/mol. The van der Waals surface area contributed by atoms with Gasteiger partial charge in [-0.2, -0.15) is 5.26 Å². The van der Waals surface area contributed by atoms with Crippen LogP contribution in [0, 0.1) is 18.3 Å². The van der Waals surface area contributed by atoms with Crippen molar-refractivity contribution in [2.45, 2.75) is 17.6 Å². The summed E-state index contributed by atoms with van der Waals surface area (Å²) in [5, 5.41) is 10.9. The van der Waals surface area contributed by atoms with Crippen molar-refractivity contribution >= 4 is 38.9 Å². The predicted octanol–water partition coefficient (Wildman–Crippen LogP) is 3.13. The number of nitriles is 1. The van der Waals surface area contributed by atoms with Gasteiger partial charge in [-0.05, 0) is 18.6 Å². The van der Waals surface area contributed by atoms with E-state index in [0.717, 1.165) is 21.5 Å². The van der Waals surface area contributed by atoms with Crippen molar-refractivity contribution in [3.8, 4) is 6.07 Å². The molecule has 0 aliphatic heterocycles. The molecule has 0 aliphatic rings. The number of nitrogens with zero attached hydrogens (tertiary/aromatic N) is 2. The summed E-state index contributed by atoms with van der Waals surface area (Å²) < 4.78 is 21.3. The maximum absolute atomic E-state index is 12.6. The van der Waals surface area contributed by atoms with Crippen molar-refractivity contribution in [1.29, 1.82) is 5.26 Å². The molecule has 2 aromatic heterocycles. The number of thiazole rings is 1. The fourth-order valence-corrected chi connectivity index (χ4v) is 4.39. The molecule has 0 amide bonds. The summed E-state index contributed by atoms with van der Waals surface area (Å²) in [6, 6.07) is 5.94. The van der Waals surface area contributed by atoms with Gasteiger partial charge >= 0.3 is 0 Å². The second kappa shape index (κ2) is 7.13. The van der Waals surface area contributed by atoms with Crippen molar-refractivity contribution in [1.82, 2.24) is 9.97 Å². The summed E-state index contributed by atoms with van der Waals surface area (Å²) in [5.41, 5.74) is 3.06. The molecule has 1 aromatic carbocycles. The summed E-state index contributed by atoms with van der Waals surface area (Å²) in [5.74, 6) is 0. The van der Waals surface area contributed by atoms with Crippen molar-refractivity contribution in [3.05, 3.63) is 40.7 Å². The fraction of sp³-hybridized carbons (Fsp3) is 0.250. The summed E-state index contributed by atoms with van der Waals surface area (Å²) in [6.07, 6.45) is 4.00. The summed E-state index contributed by atoms with van der Waals surface area (Å²) >= 11 is 1.40. The first-order valence-corrected chi connectivity index (χ1v) is 9.23. The molecule has 0 bridgehead atoms. The van der Waals surface area contributed by atoms with Gasteiger partial charge in [-0.15, -0.1) is 11.3 Å². The molecule has 0 spiro atoms. The number of fused-ring (bicyclic) bond motifs is 1. The molecular weight excluding hydrogens is 344 g/mol. The maximum Gasteiger partial charge on any atom is 0.162 e. The van der Waals surface area contributed by atoms with Crippen molar-refractivity contribution < 1.29 is 8.95 Å². The summed E-state index contributed by atoms with van der Waals surface area (Å²) in [4.78, 5) is 7.36. The lowest BCUT2D eigenvalue weighted by atomic mass is 10.1. The third-order valence-corrected chi connectivity index (χ3v) is 6.03. The number of ether oxygens (including phenoxy) is 1. The molecule has 24 heavy (non-hydrogen) atoms. The molecular formula is C16H16N4O2S2. The molecule has 1 unspecified atom stereocenters. The molecule has 0 fully saturated rings. The van der Waals surface area contributed by atoms with E-state index < -0.39 is 11.0 Å². The third kappa shape index (κ3) is 3.19. The second-order valence-electron chi connectivity index (χ2n) is 5.18. The van der Waals surface area contributed by atoms with Crippen LogP contribution in [0.2, 0.25) is 0 Å². The van der Waals surface area contributed by atoms with Crippen LogP contribution >= 0.6 is 11.3 Å². The number of aromatic amines is 1. The topological polar surface area (TPSA) is 90.8 Å². The van der Waals surface area contributed by atoms with Crippen molar-refractivity contribution in [3.63, 3.8) is 0 Å². The number of rotatable bonds is 6. The van der Waals surface area contributed by atoms with E-state index in [1.54, 1.807) is 19.5 Å². The van der Waals surface area contributed by atoms with Crippen molar-refractivity contribution in [2.75, 3.05) is 18.4 Å². The molecule has 6 nitrogen and oxygen atoms in total. The number of hydrogen-bond donors (Lipinski definition) is 2. The first-order chi connectivity index (χ1) is 11.6. The minimum absolute atomic E-state index is 0.580. The van der Waals surface area contributed by atoms with E-state index >= 15 is 0 Å². The van der Waals surface area contributed by atoms with Crippen LogP contribution in [0.1, 0.15) is 16.1 Å². The Balaban J connectivity index is 1.86. The van der Waals surface area contributed by atoms with Gasteiger partial charge < -0.3 is 9.72 Å². The van der Waals surface area contributed by atoms with Gasteiger partial charge in [-0.3, -0.25) is 4.72 Å². The lowest BCUT2D eigenvalue weighted by molar-refractivity contribution is 0.202. The zero-order valence-corrected chi connectivity index (χ0v) is 14.9. The van der Waals surface area contributed by atoms with Crippen LogP contribution < -0.4 is 4.72 Å². The highest BCUT2D eigenvalue weighted by Gasteiger charge is 2.14. The average Bonchev–Trinajstić information content (AvgIpc) is 3.22. The number of hydrogen-bond acceptors (Lipinski definition) is 5. The second-order valence-corrected chi connectivity index (χ2v) is 7.74. The molecule has 124 valence electrons. The predicted molar refractivity (Wildman–Crippen MR) is 95.5 cm³/mol. The normalized spacial score (nSPS) is 12.2. The molecule has 0 saturated carbocycles. The highest BCUT2D eigenvalue weighted by molar-refractivity contribution is 7.88. The molecule has 2 N–H and O–H groups in total. The SMILES string of the molecule is COCCc1ncc(S(=O)Nc2ccc(C)c3c(C#N)c[nH]c23)s1. The molecule has 3 aromatic rings. The van der Waals surface area contributed by atoms with E-state index in [-0.39, 0.29) is 0 Å². The number of nitrogens with one attached hydrogen (secondary N) is 2. The Morgan fingerprint density at radius 2 is 2.33 bits per heavy atom. The van der Waals surface area contributed by atoms with E-state index in [1.165, 1.54) is 11.3 Å². The van der Waals surface area contributed by atoms with Crippen LogP contribution in [-0.4, -0.2) is 27.9 Å². The molecule has 0 aliphatic carbocycles. The lowest BCUT2D eigenvalue weighted by Gasteiger charge is -2.07. The fourth-order valence-electron chi connectivity index (χ4n) is 2.43. The van der Waals surface area contributed by atoms with Gasteiger partial charge in [0.2, 0.25) is 0 Å². The van der Waals surface area contributed by atoms with Gasteiger partial charge in [0.05, 0.1) is 34.6 Å². The Kier molecular flexibility index (Phi) is 4.94. The van der Waals surface area contributed by atoms with E-state index in [4.69, 9.17) is 4.74 Å². The van der Waals surface area contributed by atoms with Crippen LogP contribution in [0.3, 0.4) is 0 Å². The van der Waals surface area contributed by atoms with Gasteiger partial charge in [0.1, 0.15) is 10.3 Å². The average molecular weight is 360 g/mol. The molecule has 3 rings (SSSR count). The van der Waals surface area contributed by atoms with E-state index in [1.807, 2.05) is 19.1 Å². The number of H-pyrrole nitrogens is 1. The maximum atomic E-state index is 12.6. The first kappa shape index (κ1) is 16.6. The Morgan fingerprint density at radius 1 is 1.50 bits per heavy atom. The van der Waals surface area contributed by atoms with Crippen LogP contribution in [0.25, 0.3) is 10.9 Å². The van der Waals surface area contributed by atoms with E-state index in [2.05, 4.69) is 20.8 Å². The van der Waals surface area contributed by atoms with E-state index in [9.17, 15) is 9.47 Å². The van der Waals surface area contributed by atoms with Gasteiger partial charge in [0.25, 0.3) is 0 Å². The quantitative estimate of drug-likeness (QED) is 0.706. The Bertz CT molecular complexity index is 939. The highest BCUT2D eigenvalue weighted by atomic mass is 32.2. The largest absolute Gasteiger partial charge is 0.384 e. The number of aromatic nitrogens is 2. The minimum Gasteiger partial charge on any atom is -0.384 e. The van der Waals surface area contributed by atoms with Crippen LogP contribution in [-0.2, 0) is 22.1 Å².